The van der Waals surface area contributed by atoms with Gasteiger partial charge in [-0.2, -0.15) is 5.26 Å². The summed E-state index contributed by atoms with van der Waals surface area (Å²) in [7, 11) is -1.99. The molecule has 0 aromatic heterocycles. The van der Waals surface area contributed by atoms with Crippen LogP contribution in [-0.2, 0) is 14.6 Å². The Kier molecular flexibility index (Phi) is 3.37. The molecule has 19 heavy (non-hydrogen) atoms. The predicted octanol–water partition coefficient (Wildman–Crippen LogP) is 1.49. The van der Waals surface area contributed by atoms with Crippen LogP contribution in [0.1, 0.15) is 11.5 Å². The van der Waals surface area contributed by atoms with Gasteiger partial charge in [0, 0.05) is 19.3 Å². The molecule has 0 heterocycles. The van der Waals surface area contributed by atoms with Crippen LogP contribution in [0.3, 0.4) is 0 Å². The molecule has 1 aromatic carbocycles. The molecule has 0 saturated heterocycles. The zero-order valence-corrected chi connectivity index (χ0v) is 11.4. The number of rotatable bonds is 4. The lowest BCUT2D eigenvalue weighted by Crippen LogP contribution is -2.17. The Balaban J connectivity index is 2.48. The number of benzene rings is 1. The predicted molar refractivity (Wildman–Crippen MR) is 67.7 cm³/mol. The minimum Gasteiger partial charge on any atom is -0.383 e. The van der Waals surface area contributed by atoms with Crippen molar-refractivity contribution in [2.24, 2.45) is 5.41 Å². The van der Waals surface area contributed by atoms with Crippen molar-refractivity contribution in [3.63, 3.8) is 0 Å². The summed E-state index contributed by atoms with van der Waals surface area (Å²) in [5, 5.41) is 8.49. The lowest BCUT2D eigenvalue weighted by Gasteiger charge is -2.06. The maximum atomic E-state index is 13.3. The molecule has 1 aliphatic rings. The summed E-state index contributed by atoms with van der Waals surface area (Å²) in [6.07, 6.45) is 1.10. The fourth-order valence-electron chi connectivity index (χ4n) is 2.78. The van der Waals surface area contributed by atoms with E-state index in [1.165, 1.54) is 25.3 Å². The third-order valence-corrected chi connectivity index (χ3v) is 5.13. The van der Waals surface area contributed by atoms with Crippen molar-refractivity contribution < 1.29 is 17.5 Å². The summed E-state index contributed by atoms with van der Waals surface area (Å²) in [5.74, 6) is -0.982. The summed E-state index contributed by atoms with van der Waals surface area (Å²) >= 11 is 0. The number of hydrogen-bond acceptors (Lipinski definition) is 4. The minimum atomic E-state index is -3.41. The third kappa shape index (κ3) is 2.24. The first-order valence-electron chi connectivity index (χ1n) is 5.71. The molecular formula is C13H14FNO3S. The van der Waals surface area contributed by atoms with Gasteiger partial charge in [0.25, 0.3) is 0 Å². The monoisotopic (exact) mass is 283 g/mol. The number of ether oxygens (including phenoxy) is 1. The highest BCUT2D eigenvalue weighted by atomic mass is 32.2. The first-order chi connectivity index (χ1) is 8.86. The van der Waals surface area contributed by atoms with E-state index in [2.05, 4.69) is 6.07 Å². The van der Waals surface area contributed by atoms with Crippen molar-refractivity contribution in [3.05, 3.63) is 35.6 Å². The van der Waals surface area contributed by atoms with Crippen LogP contribution < -0.4 is 0 Å². The van der Waals surface area contributed by atoms with E-state index in [-0.39, 0.29) is 6.61 Å². The van der Waals surface area contributed by atoms with Gasteiger partial charge < -0.3 is 4.74 Å². The molecule has 0 radical (unpaired) electrons. The topological polar surface area (TPSA) is 67.2 Å². The Hall–Kier alpha value is -1.45. The number of halogens is 1. The number of sulfone groups is 1. The molecule has 4 nitrogen and oxygen atoms in total. The van der Waals surface area contributed by atoms with Gasteiger partial charge in [-0.25, -0.2) is 12.8 Å². The average molecular weight is 283 g/mol. The van der Waals surface area contributed by atoms with Crippen molar-refractivity contribution in [1.29, 1.82) is 5.26 Å². The Morgan fingerprint density at radius 3 is 2.68 bits per heavy atom. The lowest BCUT2D eigenvalue weighted by molar-refractivity contribution is 0.162. The number of hydrogen-bond donors (Lipinski definition) is 0. The summed E-state index contributed by atoms with van der Waals surface area (Å²) in [6, 6.07) is 7.76. The van der Waals surface area contributed by atoms with Crippen molar-refractivity contribution >= 4 is 9.84 Å². The van der Waals surface area contributed by atoms with Crippen molar-refractivity contribution in [2.75, 3.05) is 20.0 Å². The molecule has 2 rings (SSSR count). The zero-order chi connectivity index (χ0) is 14.3. The molecule has 1 fully saturated rings. The Morgan fingerprint density at radius 1 is 1.53 bits per heavy atom. The Labute approximate surface area is 111 Å². The van der Waals surface area contributed by atoms with E-state index in [0.29, 0.717) is 5.56 Å². The number of methoxy groups -OCH3 is 1. The fraction of sp³-hybridized carbons (Fsp3) is 0.462. The van der Waals surface area contributed by atoms with Crippen LogP contribution in [0.15, 0.2) is 24.3 Å². The lowest BCUT2D eigenvalue weighted by atomic mass is 10.0. The van der Waals surface area contributed by atoms with Crippen LogP contribution in [0.4, 0.5) is 4.39 Å². The molecule has 102 valence electrons. The summed E-state index contributed by atoms with van der Waals surface area (Å²) in [6.45, 7) is 0.0163. The first-order valence-corrected chi connectivity index (χ1v) is 7.67. The molecule has 0 N–H and O–H groups in total. The van der Waals surface area contributed by atoms with Gasteiger partial charge in [0.05, 0.1) is 17.9 Å². The molecule has 1 aliphatic carbocycles. The second-order valence-electron chi connectivity index (χ2n) is 4.87. The highest BCUT2D eigenvalue weighted by molar-refractivity contribution is 7.91. The van der Waals surface area contributed by atoms with E-state index in [0.717, 1.165) is 6.26 Å². The van der Waals surface area contributed by atoms with E-state index < -0.39 is 32.2 Å². The number of nitriles is 1. The van der Waals surface area contributed by atoms with E-state index in [4.69, 9.17) is 4.74 Å². The van der Waals surface area contributed by atoms with Gasteiger partial charge in [0.1, 0.15) is 11.2 Å². The fourth-order valence-corrected chi connectivity index (χ4v) is 4.63. The average Bonchev–Trinajstić information content (AvgIpc) is 2.99. The first kappa shape index (κ1) is 14.0. The van der Waals surface area contributed by atoms with Gasteiger partial charge in [-0.15, -0.1) is 0 Å². The minimum absolute atomic E-state index is 0.0163. The van der Waals surface area contributed by atoms with Crippen molar-refractivity contribution in [2.45, 2.75) is 11.2 Å². The highest BCUT2D eigenvalue weighted by Gasteiger charge is 2.71. The molecule has 0 amide bonds. The Bertz CT molecular complexity index is 638. The molecular weight excluding hydrogens is 269 g/mol. The molecule has 0 bridgehead atoms. The second-order valence-corrected chi connectivity index (χ2v) is 7.03. The maximum Gasteiger partial charge on any atom is 0.152 e. The molecule has 0 aliphatic heterocycles. The van der Waals surface area contributed by atoms with Crippen LogP contribution in [0.25, 0.3) is 0 Å². The molecule has 1 saturated carbocycles. The molecule has 1 aromatic rings. The third-order valence-electron chi connectivity index (χ3n) is 3.52. The normalized spacial score (nSPS) is 29.8. The maximum absolute atomic E-state index is 13.3. The zero-order valence-electron chi connectivity index (χ0n) is 10.6. The van der Waals surface area contributed by atoms with Crippen LogP contribution in [-0.4, -0.2) is 33.6 Å². The smallest absolute Gasteiger partial charge is 0.152 e. The van der Waals surface area contributed by atoms with Crippen LogP contribution >= 0.6 is 0 Å². The van der Waals surface area contributed by atoms with E-state index in [1.54, 1.807) is 6.07 Å². The summed E-state index contributed by atoms with van der Waals surface area (Å²) in [4.78, 5) is 0. The summed E-state index contributed by atoms with van der Waals surface area (Å²) < 4.78 is 41.9. The Morgan fingerprint density at radius 2 is 2.21 bits per heavy atom. The van der Waals surface area contributed by atoms with Gasteiger partial charge in [0.2, 0.25) is 0 Å². The molecule has 3 atom stereocenters. The molecule has 6 heteroatoms. The standard InChI is InChI=1S/C13H14FNO3S/c1-18-8-13(7-15)11(12(13)19(2,16)17)9-4-3-5-10(14)6-9/h3-6,11-12H,8H2,1-2H3/t11-,12+,13+/m0/s1. The van der Waals surface area contributed by atoms with E-state index in [1.807, 2.05) is 0 Å². The highest BCUT2D eigenvalue weighted by Crippen LogP contribution is 2.62. The largest absolute Gasteiger partial charge is 0.383 e. The molecule has 0 spiro atoms. The van der Waals surface area contributed by atoms with Gasteiger partial charge >= 0.3 is 0 Å². The van der Waals surface area contributed by atoms with Crippen molar-refractivity contribution in [1.82, 2.24) is 0 Å². The molecule has 0 unspecified atom stereocenters. The van der Waals surface area contributed by atoms with Gasteiger partial charge in [-0.05, 0) is 17.7 Å². The SMILES string of the molecule is COC[C@@]1(C#N)[C@H](S(C)(=O)=O)[C@@H]1c1cccc(F)c1. The van der Waals surface area contributed by atoms with E-state index in [9.17, 15) is 18.1 Å². The van der Waals surface area contributed by atoms with E-state index >= 15 is 0 Å². The summed E-state index contributed by atoms with van der Waals surface area (Å²) in [5.41, 5.74) is -0.593. The van der Waals surface area contributed by atoms with Gasteiger partial charge in [-0.1, -0.05) is 12.1 Å². The van der Waals surface area contributed by atoms with Gasteiger partial charge in [-0.3, -0.25) is 0 Å². The van der Waals surface area contributed by atoms with Gasteiger partial charge in [0.15, 0.2) is 9.84 Å². The van der Waals surface area contributed by atoms with Crippen LogP contribution in [0.2, 0.25) is 0 Å². The van der Waals surface area contributed by atoms with Crippen LogP contribution in [0, 0.1) is 22.6 Å². The van der Waals surface area contributed by atoms with Crippen molar-refractivity contribution in [3.8, 4) is 6.07 Å². The second kappa shape index (κ2) is 4.58. The number of nitrogens with zero attached hydrogens (tertiary/aromatic N) is 1. The van der Waals surface area contributed by atoms with Crippen LogP contribution in [0.5, 0.6) is 0 Å². The quantitative estimate of drug-likeness (QED) is 0.839.